The first-order valence-corrected chi connectivity index (χ1v) is 12.6. The number of aryl methyl sites for hydroxylation is 1. The summed E-state index contributed by atoms with van der Waals surface area (Å²) in [6.07, 6.45) is 1.57. The number of fused-ring (bicyclic) bond motifs is 1. The van der Waals surface area contributed by atoms with Gasteiger partial charge in [-0.15, -0.1) is 11.3 Å². The van der Waals surface area contributed by atoms with Gasteiger partial charge in [0.2, 0.25) is 10.0 Å². The summed E-state index contributed by atoms with van der Waals surface area (Å²) < 4.78 is 27.5. The summed E-state index contributed by atoms with van der Waals surface area (Å²) in [6.45, 7) is 2.50. The Balaban J connectivity index is 1.60. The van der Waals surface area contributed by atoms with Crippen LogP contribution in [0.3, 0.4) is 0 Å². The Morgan fingerprint density at radius 2 is 1.85 bits per heavy atom. The highest BCUT2D eigenvalue weighted by Crippen LogP contribution is 2.28. The summed E-state index contributed by atoms with van der Waals surface area (Å²) in [5.41, 5.74) is 6.33. The zero-order valence-electron chi connectivity index (χ0n) is 18.6. The third-order valence-electron chi connectivity index (χ3n) is 5.09. The SMILES string of the molecule is CCn1ncc2c(C(=O)NNC(=O)c3cccc(S(=O)(=O)N(C)C)c3)cc(-c3cccs3)nc21. The molecule has 0 saturated carbocycles. The Bertz CT molecular complexity index is 1480. The second-order valence-corrected chi connectivity index (χ2v) is 10.6. The first-order valence-electron chi connectivity index (χ1n) is 10.3. The molecule has 10 nitrogen and oxygen atoms in total. The predicted octanol–water partition coefficient (Wildman–Crippen LogP) is 2.50. The van der Waals surface area contributed by atoms with E-state index >= 15 is 0 Å². The van der Waals surface area contributed by atoms with Crippen LogP contribution in [0.5, 0.6) is 0 Å². The zero-order valence-corrected chi connectivity index (χ0v) is 20.3. The topological polar surface area (TPSA) is 126 Å². The molecule has 3 aromatic heterocycles. The summed E-state index contributed by atoms with van der Waals surface area (Å²) in [7, 11) is -0.896. The molecule has 0 spiro atoms. The Morgan fingerprint density at radius 1 is 1.09 bits per heavy atom. The highest BCUT2D eigenvalue weighted by atomic mass is 32.2. The number of hydrogen-bond donors (Lipinski definition) is 2. The molecular weight excluding hydrogens is 476 g/mol. The van der Waals surface area contributed by atoms with E-state index in [1.165, 1.54) is 49.7 Å². The van der Waals surface area contributed by atoms with Crippen LogP contribution in [-0.2, 0) is 16.6 Å². The van der Waals surface area contributed by atoms with Gasteiger partial charge < -0.3 is 0 Å². The zero-order chi connectivity index (χ0) is 24.5. The van der Waals surface area contributed by atoms with Crippen molar-refractivity contribution in [1.82, 2.24) is 29.9 Å². The minimum absolute atomic E-state index is 0.0279. The standard InChI is InChI=1S/C22H22N6O4S2/c1-4-28-20-17(13-23-28)16(12-18(24-20)19-9-6-10-33-19)22(30)26-25-21(29)14-7-5-8-15(11-14)34(31,32)27(2)3/h5-13H,4H2,1-3H3,(H,25,29)(H,26,30). The number of thiophene rings is 1. The van der Waals surface area contributed by atoms with Gasteiger partial charge in [0.05, 0.1) is 32.6 Å². The van der Waals surface area contributed by atoms with Crippen LogP contribution in [0, 0.1) is 0 Å². The fraction of sp³-hybridized carbons (Fsp3) is 0.182. The second kappa shape index (κ2) is 9.33. The molecule has 4 aromatic rings. The number of amides is 2. The number of carbonyl (C=O) groups is 2. The van der Waals surface area contributed by atoms with Gasteiger partial charge in [-0.25, -0.2) is 22.4 Å². The van der Waals surface area contributed by atoms with E-state index in [0.717, 1.165) is 9.18 Å². The van der Waals surface area contributed by atoms with Crippen LogP contribution in [0.4, 0.5) is 0 Å². The molecular formula is C22H22N6O4S2. The molecule has 2 amide bonds. The summed E-state index contributed by atoms with van der Waals surface area (Å²) in [5, 5.41) is 6.77. The Kier molecular flexibility index (Phi) is 6.46. The second-order valence-electron chi connectivity index (χ2n) is 7.45. The van der Waals surface area contributed by atoms with Crippen molar-refractivity contribution in [3.63, 3.8) is 0 Å². The summed E-state index contributed by atoms with van der Waals surface area (Å²) in [5.74, 6) is -1.21. The van der Waals surface area contributed by atoms with Crippen molar-refractivity contribution < 1.29 is 18.0 Å². The van der Waals surface area contributed by atoms with Crippen LogP contribution in [0.2, 0.25) is 0 Å². The van der Waals surface area contributed by atoms with E-state index in [1.54, 1.807) is 16.9 Å². The van der Waals surface area contributed by atoms with Crippen molar-refractivity contribution in [1.29, 1.82) is 0 Å². The van der Waals surface area contributed by atoms with Crippen molar-refractivity contribution in [3.8, 4) is 10.6 Å². The molecule has 1 aromatic carbocycles. The molecule has 12 heteroatoms. The first-order chi connectivity index (χ1) is 16.2. The maximum Gasteiger partial charge on any atom is 0.270 e. The van der Waals surface area contributed by atoms with E-state index in [9.17, 15) is 18.0 Å². The third-order valence-corrected chi connectivity index (χ3v) is 7.79. The van der Waals surface area contributed by atoms with E-state index in [1.807, 2.05) is 24.4 Å². The number of hydrazine groups is 1. The summed E-state index contributed by atoms with van der Waals surface area (Å²) in [4.78, 5) is 31.2. The maximum atomic E-state index is 13.0. The molecule has 34 heavy (non-hydrogen) atoms. The maximum absolute atomic E-state index is 13.0. The Labute approximate surface area is 200 Å². The molecule has 2 N–H and O–H groups in total. The van der Waals surface area contributed by atoms with Crippen molar-refractivity contribution >= 4 is 44.2 Å². The average molecular weight is 499 g/mol. The van der Waals surface area contributed by atoms with E-state index < -0.39 is 21.8 Å². The van der Waals surface area contributed by atoms with Crippen molar-refractivity contribution in [2.75, 3.05) is 14.1 Å². The van der Waals surface area contributed by atoms with Gasteiger partial charge in [-0.1, -0.05) is 12.1 Å². The number of pyridine rings is 1. The number of nitrogens with one attached hydrogen (secondary N) is 2. The lowest BCUT2D eigenvalue weighted by Crippen LogP contribution is -2.41. The van der Waals surface area contributed by atoms with Gasteiger partial charge in [0.15, 0.2) is 5.65 Å². The van der Waals surface area contributed by atoms with Gasteiger partial charge >= 0.3 is 0 Å². The minimum Gasteiger partial charge on any atom is -0.267 e. The highest BCUT2D eigenvalue weighted by molar-refractivity contribution is 7.89. The number of aromatic nitrogens is 3. The highest BCUT2D eigenvalue weighted by Gasteiger charge is 2.20. The molecule has 0 bridgehead atoms. The van der Waals surface area contributed by atoms with E-state index in [0.29, 0.717) is 28.8 Å². The van der Waals surface area contributed by atoms with Gasteiger partial charge in [-0.3, -0.25) is 20.4 Å². The van der Waals surface area contributed by atoms with Gasteiger partial charge in [0.1, 0.15) is 0 Å². The Hall–Kier alpha value is -3.61. The van der Waals surface area contributed by atoms with Gasteiger partial charge in [-0.05, 0) is 42.6 Å². The van der Waals surface area contributed by atoms with Crippen LogP contribution in [0.15, 0.2) is 58.9 Å². The average Bonchev–Trinajstić information content (AvgIpc) is 3.51. The lowest BCUT2D eigenvalue weighted by Gasteiger charge is -2.13. The predicted molar refractivity (Wildman–Crippen MR) is 129 cm³/mol. The quantitative estimate of drug-likeness (QED) is 0.394. The smallest absolute Gasteiger partial charge is 0.267 e. The molecule has 0 aliphatic rings. The van der Waals surface area contributed by atoms with Gasteiger partial charge in [0.25, 0.3) is 11.8 Å². The molecule has 4 rings (SSSR count). The largest absolute Gasteiger partial charge is 0.270 e. The number of benzene rings is 1. The molecule has 176 valence electrons. The number of rotatable bonds is 6. The van der Waals surface area contributed by atoms with Crippen LogP contribution in [-0.4, -0.2) is 53.4 Å². The summed E-state index contributed by atoms with van der Waals surface area (Å²) >= 11 is 1.50. The number of carbonyl (C=O) groups excluding carboxylic acids is 2. The number of sulfonamides is 1. The molecule has 0 atom stereocenters. The lowest BCUT2D eigenvalue weighted by molar-refractivity contribution is 0.0847. The molecule has 0 unspecified atom stereocenters. The van der Waals surface area contributed by atoms with Crippen LogP contribution in [0.1, 0.15) is 27.6 Å². The number of hydrogen-bond acceptors (Lipinski definition) is 7. The van der Waals surface area contributed by atoms with E-state index in [4.69, 9.17) is 0 Å². The molecule has 3 heterocycles. The van der Waals surface area contributed by atoms with Crippen LogP contribution >= 0.6 is 11.3 Å². The van der Waals surface area contributed by atoms with Crippen molar-refractivity contribution in [3.05, 3.63) is 65.2 Å². The van der Waals surface area contributed by atoms with E-state index in [2.05, 4.69) is 20.9 Å². The van der Waals surface area contributed by atoms with Crippen molar-refractivity contribution in [2.24, 2.45) is 0 Å². The summed E-state index contributed by atoms with van der Waals surface area (Å²) in [6, 6.07) is 11.0. The fourth-order valence-electron chi connectivity index (χ4n) is 3.28. The van der Waals surface area contributed by atoms with Gasteiger partial charge in [-0.2, -0.15) is 5.10 Å². The molecule has 0 aliphatic carbocycles. The van der Waals surface area contributed by atoms with Crippen LogP contribution < -0.4 is 10.9 Å². The minimum atomic E-state index is -3.71. The molecule has 0 fully saturated rings. The van der Waals surface area contributed by atoms with Gasteiger partial charge in [0, 0.05) is 26.2 Å². The van der Waals surface area contributed by atoms with Crippen LogP contribution in [0.25, 0.3) is 21.6 Å². The fourth-order valence-corrected chi connectivity index (χ4v) is 4.91. The lowest BCUT2D eigenvalue weighted by atomic mass is 10.1. The monoisotopic (exact) mass is 498 g/mol. The molecule has 0 aliphatic heterocycles. The number of nitrogens with zero attached hydrogens (tertiary/aromatic N) is 4. The van der Waals surface area contributed by atoms with Crippen molar-refractivity contribution in [2.45, 2.75) is 18.4 Å². The molecule has 0 radical (unpaired) electrons. The first kappa shape index (κ1) is 23.5. The Morgan fingerprint density at radius 3 is 2.53 bits per heavy atom. The normalized spacial score (nSPS) is 11.6. The van der Waals surface area contributed by atoms with E-state index in [-0.39, 0.29) is 10.5 Å². The third kappa shape index (κ3) is 4.42. The molecule has 0 saturated heterocycles.